The Morgan fingerprint density at radius 1 is 0.912 bits per heavy atom. The molecule has 1 heterocycles. The van der Waals surface area contributed by atoms with Crippen molar-refractivity contribution in [1.29, 1.82) is 0 Å². The first-order chi connectivity index (χ1) is 16.2. The fraction of sp³-hybridized carbons (Fsp3) is 0.148. The van der Waals surface area contributed by atoms with E-state index < -0.39 is 22.0 Å². The zero-order chi connectivity index (χ0) is 24.3. The van der Waals surface area contributed by atoms with E-state index in [-0.39, 0.29) is 10.8 Å². The third-order valence-electron chi connectivity index (χ3n) is 5.51. The Morgan fingerprint density at radius 2 is 1.53 bits per heavy atom. The highest BCUT2D eigenvalue weighted by atomic mass is 32.2. The summed E-state index contributed by atoms with van der Waals surface area (Å²) in [5, 5.41) is 10.3. The molecular formula is C27H25NO5S. The Balaban J connectivity index is 1.47. The Labute approximate surface area is 198 Å². The number of carboxylic acids is 1. The highest BCUT2D eigenvalue weighted by molar-refractivity contribution is 7.89. The first kappa shape index (κ1) is 23.5. The number of fused-ring (bicyclic) bond motifs is 1. The Hall–Kier alpha value is -3.68. The average molecular weight is 476 g/mol. The highest BCUT2D eigenvalue weighted by Crippen LogP contribution is 2.24. The van der Waals surface area contributed by atoms with Gasteiger partial charge in [-0.2, -0.15) is 4.72 Å². The molecule has 4 aromatic rings. The van der Waals surface area contributed by atoms with Gasteiger partial charge in [0.05, 0.1) is 4.90 Å². The lowest BCUT2D eigenvalue weighted by Gasteiger charge is -2.18. The van der Waals surface area contributed by atoms with E-state index in [1.165, 1.54) is 12.1 Å². The standard InChI is InChI=1S/C27H25NO5S/c1-18(2)26(27(29)30)28-34(31,32)24-15-12-21(13-16-24)20-10-7-19(8-11-20)9-14-23-17-22-5-3-4-6-25(22)33-23/h3-18,26,28H,1-2H3,(H,29,30)/t26-/m1/s1. The van der Waals surface area contributed by atoms with Crippen LogP contribution >= 0.6 is 0 Å². The lowest BCUT2D eigenvalue weighted by molar-refractivity contribution is -0.140. The van der Waals surface area contributed by atoms with Crippen LogP contribution in [-0.4, -0.2) is 25.5 Å². The molecule has 0 aliphatic heterocycles. The van der Waals surface area contributed by atoms with Gasteiger partial charge in [-0.1, -0.05) is 74.5 Å². The Morgan fingerprint density at radius 3 is 2.12 bits per heavy atom. The summed E-state index contributed by atoms with van der Waals surface area (Å²) in [6.45, 7) is 3.31. The molecule has 7 heteroatoms. The van der Waals surface area contributed by atoms with Crippen LogP contribution in [-0.2, 0) is 14.8 Å². The van der Waals surface area contributed by atoms with Gasteiger partial charge in [0.15, 0.2) is 0 Å². The van der Waals surface area contributed by atoms with Crippen molar-refractivity contribution in [3.05, 3.63) is 90.2 Å². The number of sulfonamides is 1. The third-order valence-corrected chi connectivity index (χ3v) is 6.97. The minimum Gasteiger partial charge on any atom is -0.480 e. The maximum absolute atomic E-state index is 12.6. The number of para-hydroxylation sites is 1. The smallest absolute Gasteiger partial charge is 0.322 e. The summed E-state index contributed by atoms with van der Waals surface area (Å²) in [4.78, 5) is 11.4. The zero-order valence-electron chi connectivity index (χ0n) is 18.8. The molecule has 0 radical (unpaired) electrons. The number of benzene rings is 3. The predicted octanol–water partition coefficient (Wildman–Crippen LogP) is 5.66. The lowest BCUT2D eigenvalue weighted by Crippen LogP contribution is -2.44. The van der Waals surface area contributed by atoms with Gasteiger partial charge in [0.25, 0.3) is 0 Å². The van der Waals surface area contributed by atoms with Crippen LogP contribution in [0.2, 0.25) is 0 Å². The van der Waals surface area contributed by atoms with E-state index >= 15 is 0 Å². The summed E-state index contributed by atoms with van der Waals surface area (Å²) >= 11 is 0. The quantitative estimate of drug-likeness (QED) is 0.343. The van der Waals surface area contributed by atoms with Crippen LogP contribution in [0, 0.1) is 5.92 Å². The minimum atomic E-state index is -3.95. The second kappa shape index (κ2) is 9.67. The van der Waals surface area contributed by atoms with Crippen LogP contribution in [0.3, 0.4) is 0 Å². The van der Waals surface area contributed by atoms with E-state index in [4.69, 9.17) is 4.42 Å². The average Bonchev–Trinajstić information content (AvgIpc) is 3.24. The molecule has 3 aromatic carbocycles. The fourth-order valence-electron chi connectivity index (χ4n) is 3.58. The maximum atomic E-state index is 12.6. The van der Waals surface area contributed by atoms with Crippen LogP contribution in [0.1, 0.15) is 25.2 Å². The van der Waals surface area contributed by atoms with Gasteiger partial charge in [-0.3, -0.25) is 4.79 Å². The molecule has 0 spiro atoms. The first-order valence-corrected chi connectivity index (χ1v) is 12.3. The summed E-state index contributed by atoms with van der Waals surface area (Å²) in [6.07, 6.45) is 3.89. The number of carboxylic acid groups (broad SMARTS) is 1. The summed E-state index contributed by atoms with van der Waals surface area (Å²) < 4.78 is 33.3. The number of rotatable bonds is 8. The molecule has 34 heavy (non-hydrogen) atoms. The zero-order valence-corrected chi connectivity index (χ0v) is 19.6. The topological polar surface area (TPSA) is 96.6 Å². The molecule has 0 saturated heterocycles. The van der Waals surface area contributed by atoms with Gasteiger partial charge in [-0.15, -0.1) is 0 Å². The molecule has 174 valence electrons. The van der Waals surface area contributed by atoms with Gasteiger partial charge >= 0.3 is 5.97 Å². The van der Waals surface area contributed by atoms with Gasteiger partial charge in [-0.05, 0) is 52.9 Å². The molecule has 0 aliphatic rings. The molecule has 0 bridgehead atoms. The summed E-state index contributed by atoms with van der Waals surface area (Å²) in [7, 11) is -3.95. The third kappa shape index (κ3) is 5.27. The van der Waals surface area contributed by atoms with Crippen molar-refractivity contribution in [2.24, 2.45) is 5.92 Å². The van der Waals surface area contributed by atoms with E-state index in [9.17, 15) is 18.3 Å². The van der Waals surface area contributed by atoms with E-state index in [2.05, 4.69) is 4.72 Å². The molecular weight excluding hydrogens is 450 g/mol. The molecule has 0 amide bonds. The monoisotopic (exact) mass is 475 g/mol. The van der Waals surface area contributed by atoms with E-state index in [1.54, 1.807) is 26.0 Å². The van der Waals surface area contributed by atoms with E-state index in [1.807, 2.05) is 66.7 Å². The van der Waals surface area contributed by atoms with E-state index in [0.717, 1.165) is 33.4 Å². The molecule has 0 unspecified atom stereocenters. The Bertz CT molecular complexity index is 1400. The van der Waals surface area contributed by atoms with Crippen LogP contribution < -0.4 is 4.72 Å². The SMILES string of the molecule is CC(C)[C@@H](NS(=O)(=O)c1ccc(-c2ccc(C=Cc3cc4ccccc4o3)cc2)cc1)C(=O)O. The second-order valence-corrected chi connectivity index (χ2v) is 10.1. The molecule has 1 atom stereocenters. The van der Waals surface area contributed by atoms with Gasteiger partial charge in [-0.25, -0.2) is 8.42 Å². The van der Waals surface area contributed by atoms with Crippen molar-refractivity contribution in [2.45, 2.75) is 24.8 Å². The van der Waals surface area contributed by atoms with Gasteiger partial charge in [0.1, 0.15) is 17.4 Å². The lowest BCUT2D eigenvalue weighted by atomic mass is 10.0. The van der Waals surface area contributed by atoms with E-state index in [0.29, 0.717) is 0 Å². The van der Waals surface area contributed by atoms with Crippen molar-refractivity contribution >= 4 is 39.1 Å². The van der Waals surface area contributed by atoms with Crippen molar-refractivity contribution in [2.75, 3.05) is 0 Å². The molecule has 0 fully saturated rings. The Kier molecular flexibility index (Phi) is 6.68. The predicted molar refractivity (Wildman–Crippen MR) is 134 cm³/mol. The van der Waals surface area contributed by atoms with Crippen molar-refractivity contribution in [3.63, 3.8) is 0 Å². The number of hydrogen-bond donors (Lipinski definition) is 2. The van der Waals surface area contributed by atoms with Crippen LogP contribution in [0.25, 0.3) is 34.2 Å². The number of furan rings is 1. The van der Waals surface area contributed by atoms with Crippen LogP contribution in [0.4, 0.5) is 0 Å². The molecule has 2 N–H and O–H groups in total. The molecule has 6 nitrogen and oxygen atoms in total. The minimum absolute atomic E-state index is 0.0218. The number of nitrogens with one attached hydrogen (secondary N) is 1. The molecule has 4 rings (SSSR count). The summed E-state index contributed by atoms with van der Waals surface area (Å²) in [5.41, 5.74) is 3.63. The number of hydrogen-bond acceptors (Lipinski definition) is 4. The normalized spacial score (nSPS) is 13.0. The van der Waals surface area contributed by atoms with Gasteiger partial charge in [0.2, 0.25) is 10.0 Å². The summed E-state index contributed by atoms with van der Waals surface area (Å²) in [5.74, 6) is -0.811. The molecule has 1 aromatic heterocycles. The number of aliphatic carboxylic acids is 1. The van der Waals surface area contributed by atoms with Crippen LogP contribution in [0.15, 0.2) is 88.2 Å². The largest absolute Gasteiger partial charge is 0.480 e. The van der Waals surface area contributed by atoms with Crippen molar-refractivity contribution in [1.82, 2.24) is 4.72 Å². The molecule has 0 aliphatic carbocycles. The van der Waals surface area contributed by atoms with Crippen LogP contribution in [0.5, 0.6) is 0 Å². The highest BCUT2D eigenvalue weighted by Gasteiger charge is 2.27. The maximum Gasteiger partial charge on any atom is 0.322 e. The number of carbonyl (C=O) groups is 1. The molecule has 0 saturated carbocycles. The van der Waals surface area contributed by atoms with Crippen molar-refractivity contribution in [3.8, 4) is 11.1 Å². The van der Waals surface area contributed by atoms with Gasteiger partial charge in [0, 0.05) is 5.39 Å². The summed E-state index contributed by atoms with van der Waals surface area (Å²) in [6, 6.07) is 22.9. The fourth-order valence-corrected chi connectivity index (χ4v) is 4.92. The van der Waals surface area contributed by atoms with Crippen molar-refractivity contribution < 1.29 is 22.7 Å². The first-order valence-electron chi connectivity index (χ1n) is 10.9. The van der Waals surface area contributed by atoms with Gasteiger partial charge < -0.3 is 9.52 Å². The second-order valence-electron chi connectivity index (χ2n) is 8.35.